The van der Waals surface area contributed by atoms with Gasteiger partial charge in [0.15, 0.2) is 0 Å². The van der Waals surface area contributed by atoms with Crippen LogP contribution in [0, 0.1) is 0 Å². The number of likely N-dealkylation sites (N-methyl/N-ethyl adjacent to an activating group) is 1. The molecule has 6 nitrogen and oxygen atoms in total. The van der Waals surface area contributed by atoms with Gasteiger partial charge in [-0.3, -0.25) is 4.79 Å². The Kier molecular flexibility index (Phi) is 5.46. The number of carbonyl (C=O) groups is 1. The van der Waals surface area contributed by atoms with Crippen LogP contribution in [0.1, 0.15) is 12.5 Å². The minimum atomic E-state index is -3.85. The molecule has 0 fully saturated rings. The van der Waals surface area contributed by atoms with Crippen LogP contribution in [0.2, 0.25) is 5.02 Å². The maximum absolute atomic E-state index is 12.3. The Morgan fingerprint density at radius 3 is 2.40 bits per heavy atom. The number of nitrogens with two attached hydrogens (primary N) is 2. The number of hydrogen-bond donors (Lipinski definition) is 2. The quantitative estimate of drug-likeness (QED) is 0.735. The summed E-state index contributed by atoms with van der Waals surface area (Å²) in [5.41, 5.74) is 10.9. The Labute approximate surface area is 127 Å². The van der Waals surface area contributed by atoms with E-state index in [1.165, 1.54) is 18.2 Å². The van der Waals surface area contributed by atoms with Gasteiger partial charge in [-0.25, -0.2) is 8.42 Å². The molecule has 0 heterocycles. The molecule has 0 aliphatic carbocycles. The summed E-state index contributed by atoms with van der Waals surface area (Å²) in [6, 6.07) is 4.00. The molecule has 1 amide bonds. The fraction of sp³-hybridized carbons (Fsp3) is 0.273. The molecule has 1 aromatic rings. The maximum Gasteiger partial charge on any atom is 0.243 e. The van der Waals surface area contributed by atoms with Crippen LogP contribution >= 0.6 is 23.8 Å². The molecule has 0 unspecified atom stereocenters. The molecule has 9 heteroatoms. The van der Waals surface area contributed by atoms with E-state index in [1.54, 1.807) is 6.92 Å². The molecule has 0 spiro atoms. The molecular weight excluding hydrogens is 322 g/mol. The van der Waals surface area contributed by atoms with E-state index in [0.29, 0.717) is 5.56 Å². The van der Waals surface area contributed by atoms with Crippen molar-refractivity contribution in [1.29, 1.82) is 0 Å². The highest BCUT2D eigenvalue weighted by Gasteiger charge is 2.25. The van der Waals surface area contributed by atoms with Crippen molar-refractivity contribution in [2.45, 2.75) is 11.8 Å². The van der Waals surface area contributed by atoms with Crippen molar-refractivity contribution >= 4 is 44.7 Å². The van der Waals surface area contributed by atoms with Gasteiger partial charge in [0, 0.05) is 12.1 Å². The SMILES string of the molecule is CCN(CC(N)=O)S(=O)(=O)c1ccc(C(N)=S)c(Cl)c1. The molecule has 1 aromatic carbocycles. The summed E-state index contributed by atoms with van der Waals surface area (Å²) in [6.07, 6.45) is 0. The third-order valence-corrected chi connectivity index (χ3v) is 4.98. The van der Waals surface area contributed by atoms with Crippen molar-refractivity contribution in [2.24, 2.45) is 11.5 Å². The molecule has 0 saturated carbocycles. The van der Waals surface area contributed by atoms with E-state index >= 15 is 0 Å². The second-order valence-electron chi connectivity index (χ2n) is 3.90. The van der Waals surface area contributed by atoms with Crippen LogP contribution in [0.15, 0.2) is 23.1 Å². The van der Waals surface area contributed by atoms with Crippen LogP contribution in [-0.4, -0.2) is 36.7 Å². The highest BCUT2D eigenvalue weighted by molar-refractivity contribution is 7.89. The Balaban J connectivity index is 3.25. The zero-order chi connectivity index (χ0) is 15.5. The molecule has 1 rings (SSSR count). The summed E-state index contributed by atoms with van der Waals surface area (Å²) in [5.74, 6) is -0.735. The monoisotopic (exact) mass is 335 g/mol. The molecule has 0 aromatic heterocycles. The maximum atomic E-state index is 12.3. The van der Waals surface area contributed by atoms with Crippen molar-refractivity contribution in [3.8, 4) is 0 Å². The summed E-state index contributed by atoms with van der Waals surface area (Å²) in [7, 11) is -3.85. The Morgan fingerprint density at radius 1 is 1.40 bits per heavy atom. The minimum absolute atomic E-state index is 0.0504. The van der Waals surface area contributed by atoms with E-state index in [0.717, 1.165) is 4.31 Å². The van der Waals surface area contributed by atoms with Crippen molar-refractivity contribution < 1.29 is 13.2 Å². The number of halogens is 1. The first kappa shape index (κ1) is 16.8. The van der Waals surface area contributed by atoms with Crippen molar-refractivity contribution in [1.82, 2.24) is 4.31 Å². The van der Waals surface area contributed by atoms with Gasteiger partial charge >= 0.3 is 0 Å². The fourth-order valence-electron chi connectivity index (χ4n) is 1.55. The summed E-state index contributed by atoms with van der Waals surface area (Å²) in [4.78, 5) is 10.9. The fourth-order valence-corrected chi connectivity index (χ4v) is 3.57. The van der Waals surface area contributed by atoms with E-state index in [2.05, 4.69) is 0 Å². The number of nitrogens with zero attached hydrogens (tertiary/aromatic N) is 1. The molecule has 0 bridgehead atoms. The Hall–Kier alpha value is -1.22. The van der Waals surface area contributed by atoms with E-state index in [-0.39, 0.29) is 21.5 Å². The lowest BCUT2D eigenvalue weighted by atomic mass is 10.2. The van der Waals surface area contributed by atoms with Gasteiger partial charge in [0.2, 0.25) is 15.9 Å². The van der Waals surface area contributed by atoms with Crippen LogP contribution in [0.25, 0.3) is 0 Å². The van der Waals surface area contributed by atoms with Gasteiger partial charge in [0.1, 0.15) is 4.99 Å². The van der Waals surface area contributed by atoms with Crippen molar-refractivity contribution in [2.75, 3.05) is 13.1 Å². The molecule has 0 saturated heterocycles. The second kappa shape index (κ2) is 6.49. The first-order chi connectivity index (χ1) is 9.20. The predicted molar refractivity (Wildman–Crippen MR) is 81.0 cm³/mol. The lowest BCUT2D eigenvalue weighted by Crippen LogP contribution is -2.38. The molecule has 20 heavy (non-hydrogen) atoms. The number of rotatable bonds is 6. The number of sulfonamides is 1. The highest BCUT2D eigenvalue weighted by atomic mass is 35.5. The molecule has 0 atom stereocenters. The number of amides is 1. The normalized spacial score (nSPS) is 11.6. The van der Waals surface area contributed by atoms with Crippen molar-refractivity contribution in [3.05, 3.63) is 28.8 Å². The van der Waals surface area contributed by atoms with Gasteiger partial charge in [-0.2, -0.15) is 4.31 Å². The Bertz CT molecular complexity index is 646. The molecule has 0 aliphatic heterocycles. The number of carbonyl (C=O) groups excluding carboxylic acids is 1. The number of primary amides is 1. The van der Waals surface area contributed by atoms with Gasteiger partial charge in [0.05, 0.1) is 16.5 Å². The summed E-state index contributed by atoms with van der Waals surface area (Å²) in [5, 5.41) is 0.133. The second-order valence-corrected chi connectivity index (χ2v) is 6.69. The standard InChI is InChI=1S/C11H14ClN3O3S2/c1-2-15(6-10(13)16)20(17,18)7-3-4-8(11(14)19)9(12)5-7/h3-5H,2,6H2,1H3,(H2,13,16)(H2,14,19). The van der Waals surface area contributed by atoms with E-state index in [9.17, 15) is 13.2 Å². The highest BCUT2D eigenvalue weighted by Crippen LogP contribution is 2.23. The molecular formula is C11H14ClN3O3S2. The van der Waals surface area contributed by atoms with E-state index < -0.39 is 22.5 Å². The van der Waals surface area contributed by atoms with E-state index in [4.69, 9.17) is 35.3 Å². The van der Waals surface area contributed by atoms with Crippen LogP contribution < -0.4 is 11.5 Å². The van der Waals surface area contributed by atoms with Gasteiger partial charge in [-0.1, -0.05) is 30.7 Å². The van der Waals surface area contributed by atoms with Crippen LogP contribution in [0.4, 0.5) is 0 Å². The third kappa shape index (κ3) is 3.66. The lowest BCUT2D eigenvalue weighted by molar-refractivity contribution is -0.118. The number of hydrogen-bond acceptors (Lipinski definition) is 4. The molecule has 0 radical (unpaired) electrons. The first-order valence-electron chi connectivity index (χ1n) is 5.58. The average molecular weight is 336 g/mol. The van der Waals surface area contributed by atoms with Gasteiger partial charge in [0.25, 0.3) is 0 Å². The first-order valence-corrected chi connectivity index (χ1v) is 7.80. The van der Waals surface area contributed by atoms with Gasteiger partial charge < -0.3 is 11.5 Å². The summed E-state index contributed by atoms with van der Waals surface area (Å²) >= 11 is 10.7. The minimum Gasteiger partial charge on any atom is -0.389 e. The molecule has 110 valence electrons. The zero-order valence-electron chi connectivity index (χ0n) is 10.7. The smallest absolute Gasteiger partial charge is 0.243 e. The topological polar surface area (TPSA) is 106 Å². The molecule has 4 N–H and O–H groups in total. The van der Waals surface area contributed by atoms with Crippen LogP contribution in [-0.2, 0) is 14.8 Å². The molecule has 0 aliphatic rings. The zero-order valence-corrected chi connectivity index (χ0v) is 13.1. The van der Waals surface area contributed by atoms with Crippen molar-refractivity contribution in [3.63, 3.8) is 0 Å². The van der Waals surface area contributed by atoms with E-state index in [1.807, 2.05) is 0 Å². The van der Waals surface area contributed by atoms with Crippen LogP contribution in [0.5, 0.6) is 0 Å². The van der Waals surface area contributed by atoms with Crippen LogP contribution in [0.3, 0.4) is 0 Å². The largest absolute Gasteiger partial charge is 0.389 e. The summed E-state index contributed by atoms with van der Waals surface area (Å²) in [6.45, 7) is 1.32. The third-order valence-electron chi connectivity index (χ3n) is 2.53. The summed E-state index contributed by atoms with van der Waals surface area (Å²) < 4.78 is 25.6. The Morgan fingerprint density at radius 2 is 2.00 bits per heavy atom. The van der Waals surface area contributed by atoms with Gasteiger partial charge in [-0.15, -0.1) is 0 Å². The number of benzene rings is 1. The lowest BCUT2D eigenvalue weighted by Gasteiger charge is -2.19. The predicted octanol–water partition coefficient (Wildman–Crippen LogP) is 0.470. The number of thiocarbonyl (C=S) groups is 1. The average Bonchev–Trinajstić information content (AvgIpc) is 2.34. The van der Waals surface area contributed by atoms with Gasteiger partial charge in [-0.05, 0) is 18.2 Å².